The van der Waals surface area contributed by atoms with Gasteiger partial charge in [0.15, 0.2) is 17.8 Å². The first-order valence-corrected chi connectivity index (χ1v) is 4.74. The number of carboxylic acid groups (broad SMARTS) is 1. The maximum absolute atomic E-state index is 10.8. The minimum absolute atomic E-state index is 0.104. The van der Waals surface area contributed by atoms with Gasteiger partial charge in [0.25, 0.3) is 0 Å². The average Bonchev–Trinajstić information content (AvgIpc) is 2.62. The molecule has 2 N–H and O–H groups in total. The molecule has 1 amide bonds. The standard InChI is InChI=1S/C8H10N2O4S/c1-4(11)10-5(2-15)7-6(8(12)13)9-3-14-7/h3,5,15H,2H2,1H3,(H,10,11)(H,12,13). The molecule has 7 heteroatoms. The Bertz CT molecular complexity index is 376. The van der Waals surface area contributed by atoms with Crippen LogP contribution < -0.4 is 5.32 Å². The number of aromatic carboxylic acids is 1. The van der Waals surface area contributed by atoms with Crippen molar-refractivity contribution in [2.24, 2.45) is 0 Å². The van der Waals surface area contributed by atoms with Crippen LogP contribution in [-0.2, 0) is 4.79 Å². The van der Waals surface area contributed by atoms with Gasteiger partial charge in [-0.25, -0.2) is 9.78 Å². The minimum Gasteiger partial charge on any atom is -0.476 e. The van der Waals surface area contributed by atoms with E-state index in [1.54, 1.807) is 0 Å². The molecule has 0 bridgehead atoms. The highest BCUT2D eigenvalue weighted by molar-refractivity contribution is 7.80. The Labute approximate surface area is 91.1 Å². The Hall–Kier alpha value is -1.50. The number of hydrogen-bond donors (Lipinski definition) is 3. The summed E-state index contributed by atoms with van der Waals surface area (Å²) in [4.78, 5) is 25.1. The highest BCUT2D eigenvalue weighted by Gasteiger charge is 2.23. The first kappa shape index (κ1) is 11.6. The Morgan fingerprint density at radius 2 is 2.40 bits per heavy atom. The van der Waals surface area contributed by atoms with Gasteiger partial charge in [0.1, 0.15) is 0 Å². The summed E-state index contributed by atoms with van der Waals surface area (Å²) in [5.74, 6) is -1.15. The quantitative estimate of drug-likeness (QED) is 0.654. The van der Waals surface area contributed by atoms with E-state index in [0.29, 0.717) is 0 Å². The van der Waals surface area contributed by atoms with Gasteiger partial charge in [0.05, 0.1) is 6.04 Å². The van der Waals surface area contributed by atoms with Gasteiger partial charge in [-0.2, -0.15) is 12.6 Å². The van der Waals surface area contributed by atoms with Crippen LogP contribution in [0.5, 0.6) is 0 Å². The van der Waals surface area contributed by atoms with Gasteiger partial charge < -0.3 is 14.8 Å². The second-order valence-corrected chi connectivity index (χ2v) is 3.17. The first-order chi connectivity index (χ1) is 7.06. The van der Waals surface area contributed by atoms with Crippen molar-refractivity contribution in [3.63, 3.8) is 0 Å². The fraction of sp³-hybridized carbons (Fsp3) is 0.375. The number of carboxylic acids is 1. The summed E-state index contributed by atoms with van der Waals surface area (Å²) >= 11 is 4.00. The molecule has 0 aliphatic rings. The van der Waals surface area contributed by atoms with Crippen molar-refractivity contribution in [1.29, 1.82) is 0 Å². The highest BCUT2D eigenvalue weighted by atomic mass is 32.1. The lowest BCUT2D eigenvalue weighted by Gasteiger charge is -2.12. The molecule has 0 saturated heterocycles. The zero-order chi connectivity index (χ0) is 11.4. The second kappa shape index (κ2) is 4.83. The number of carbonyl (C=O) groups excluding carboxylic acids is 1. The molecule has 1 heterocycles. The lowest BCUT2D eigenvalue weighted by Crippen LogP contribution is -2.28. The van der Waals surface area contributed by atoms with Crippen molar-refractivity contribution in [2.45, 2.75) is 13.0 Å². The molecule has 0 aromatic carbocycles. The van der Waals surface area contributed by atoms with E-state index in [4.69, 9.17) is 9.52 Å². The number of aromatic nitrogens is 1. The third-order valence-electron chi connectivity index (χ3n) is 1.67. The Morgan fingerprint density at radius 1 is 1.73 bits per heavy atom. The van der Waals surface area contributed by atoms with E-state index in [9.17, 15) is 9.59 Å². The molecular formula is C8H10N2O4S. The van der Waals surface area contributed by atoms with Gasteiger partial charge in [0, 0.05) is 12.7 Å². The molecule has 0 saturated carbocycles. The highest BCUT2D eigenvalue weighted by Crippen LogP contribution is 2.18. The molecule has 0 radical (unpaired) electrons. The van der Waals surface area contributed by atoms with Gasteiger partial charge >= 0.3 is 5.97 Å². The van der Waals surface area contributed by atoms with E-state index in [-0.39, 0.29) is 23.1 Å². The third kappa shape index (κ3) is 2.72. The van der Waals surface area contributed by atoms with Crippen LogP contribution in [0.15, 0.2) is 10.8 Å². The van der Waals surface area contributed by atoms with Crippen LogP contribution in [-0.4, -0.2) is 27.7 Å². The molecule has 0 spiro atoms. The van der Waals surface area contributed by atoms with Crippen molar-refractivity contribution in [2.75, 3.05) is 5.75 Å². The van der Waals surface area contributed by atoms with Crippen LogP contribution in [0.1, 0.15) is 29.2 Å². The zero-order valence-electron chi connectivity index (χ0n) is 7.93. The number of nitrogens with one attached hydrogen (secondary N) is 1. The topological polar surface area (TPSA) is 92.4 Å². The summed E-state index contributed by atoms with van der Waals surface area (Å²) in [6, 6.07) is -0.584. The number of thiol groups is 1. The summed E-state index contributed by atoms with van der Waals surface area (Å²) in [6.45, 7) is 1.33. The van der Waals surface area contributed by atoms with Crippen LogP contribution in [0.4, 0.5) is 0 Å². The largest absolute Gasteiger partial charge is 0.476 e. The molecule has 0 aliphatic heterocycles. The summed E-state index contributed by atoms with van der Waals surface area (Å²) in [5.41, 5.74) is -0.206. The van der Waals surface area contributed by atoms with Crippen LogP contribution in [0.3, 0.4) is 0 Å². The predicted molar refractivity (Wildman–Crippen MR) is 53.9 cm³/mol. The van der Waals surface area contributed by atoms with Crippen molar-refractivity contribution >= 4 is 24.5 Å². The third-order valence-corrected chi connectivity index (χ3v) is 2.04. The first-order valence-electron chi connectivity index (χ1n) is 4.11. The molecule has 15 heavy (non-hydrogen) atoms. The van der Waals surface area contributed by atoms with Crippen molar-refractivity contribution < 1.29 is 19.1 Å². The second-order valence-electron chi connectivity index (χ2n) is 2.81. The van der Waals surface area contributed by atoms with Crippen LogP contribution in [0, 0.1) is 0 Å². The van der Waals surface area contributed by atoms with E-state index in [1.807, 2.05) is 0 Å². The molecule has 1 aromatic heterocycles. The van der Waals surface area contributed by atoms with Crippen molar-refractivity contribution in [3.8, 4) is 0 Å². The average molecular weight is 230 g/mol. The Morgan fingerprint density at radius 3 is 2.87 bits per heavy atom. The lowest BCUT2D eigenvalue weighted by atomic mass is 10.2. The van der Waals surface area contributed by atoms with Crippen LogP contribution >= 0.6 is 12.6 Å². The van der Waals surface area contributed by atoms with Crippen molar-refractivity contribution in [1.82, 2.24) is 10.3 Å². The van der Waals surface area contributed by atoms with E-state index >= 15 is 0 Å². The van der Waals surface area contributed by atoms with Crippen LogP contribution in [0.25, 0.3) is 0 Å². The number of hydrogen-bond acceptors (Lipinski definition) is 5. The maximum atomic E-state index is 10.8. The Kier molecular flexibility index (Phi) is 3.73. The van der Waals surface area contributed by atoms with E-state index in [2.05, 4.69) is 22.9 Å². The summed E-state index contributed by atoms with van der Waals surface area (Å²) in [6.07, 6.45) is 1.02. The number of rotatable bonds is 4. The zero-order valence-corrected chi connectivity index (χ0v) is 8.82. The monoisotopic (exact) mass is 230 g/mol. The normalized spacial score (nSPS) is 12.1. The molecular weight excluding hydrogens is 220 g/mol. The molecule has 1 rings (SSSR count). The summed E-state index contributed by atoms with van der Waals surface area (Å²) < 4.78 is 4.92. The SMILES string of the molecule is CC(=O)NC(CS)c1ocnc1C(=O)O. The lowest BCUT2D eigenvalue weighted by molar-refractivity contribution is -0.119. The fourth-order valence-corrected chi connectivity index (χ4v) is 1.36. The van der Waals surface area contributed by atoms with E-state index < -0.39 is 12.0 Å². The van der Waals surface area contributed by atoms with Crippen molar-refractivity contribution in [3.05, 3.63) is 17.8 Å². The fourth-order valence-electron chi connectivity index (χ4n) is 1.10. The molecule has 0 aliphatic carbocycles. The number of oxazole rings is 1. The van der Waals surface area contributed by atoms with Gasteiger partial charge in [0.2, 0.25) is 5.91 Å². The summed E-state index contributed by atoms with van der Waals surface area (Å²) in [5, 5.41) is 11.3. The van der Waals surface area contributed by atoms with Gasteiger partial charge in [-0.05, 0) is 0 Å². The molecule has 1 atom stereocenters. The minimum atomic E-state index is -1.20. The Balaban J connectivity index is 2.96. The van der Waals surface area contributed by atoms with E-state index in [0.717, 1.165) is 6.39 Å². The molecule has 1 aromatic rings. The molecule has 82 valence electrons. The smallest absolute Gasteiger partial charge is 0.358 e. The number of carbonyl (C=O) groups is 2. The number of nitrogens with zero attached hydrogens (tertiary/aromatic N) is 1. The molecule has 1 unspecified atom stereocenters. The summed E-state index contributed by atoms with van der Waals surface area (Å²) in [7, 11) is 0. The maximum Gasteiger partial charge on any atom is 0.358 e. The predicted octanol–water partition coefficient (Wildman–Crippen LogP) is 0.480. The van der Waals surface area contributed by atoms with Gasteiger partial charge in [-0.3, -0.25) is 4.79 Å². The number of amides is 1. The van der Waals surface area contributed by atoms with Gasteiger partial charge in [-0.15, -0.1) is 0 Å². The molecule has 6 nitrogen and oxygen atoms in total. The van der Waals surface area contributed by atoms with E-state index in [1.165, 1.54) is 6.92 Å². The van der Waals surface area contributed by atoms with Gasteiger partial charge in [-0.1, -0.05) is 0 Å². The van der Waals surface area contributed by atoms with Crippen LogP contribution in [0.2, 0.25) is 0 Å². The molecule has 0 fully saturated rings.